The van der Waals surface area contributed by atoms with E-state index in [-0.39, 0.29) is 0 Å². The summed E-state index contributed by atoms with van der Waals surface area (Å²) in [6.45, 7) is 3.73. The molecule has 0 radical (unpaired) electrons. The molecule has 1 N–H and O–H groups in total. The normalized spacial score (nSPS) is 15.1. The van der Waals surface area contributed by atoms with Gasteiger partial charge in [0.1, 0.15) is 11.4 Å². The number of fused-ring (bicyclic) bond motifs is 1. The Morgan fingerprint density at radius 1 is 1.40 bits per heavy atom. The molecule has 0 bridgehead atoms. The molecule has 0 unspecified atom stereocenters. The quantitative estimate of drug-likeness (QED) is 0.561. The van der Waals surface area contributed by atoms with E-state index in [0.29, 0.717) is 17.8 Å². The minimum atomic E-state index is 0.656. The Kier molecular flexibility index (Phi) is 2.50. The fraction of sp³-hybridized carbons (Fsp3) is 0.636. The van der Waals surface area contributed by atoms with Gasteiger partial charge in [-0.25, -0.2) is 0 Å². The van der Waals surface area contributed by atoms with Crippen molar-refractivity contribution in [3.8, 4) is 0 Å². The molecule has 1 aliphatic carbocycles. The van der Waals surface area contributed by atoms with E-state index in [1.54, 1.807) is 6.92 Å². The van der Waals surface area contributed by atoms with E-state index < -0.39 is 0 Å². The summed E-state index contributed by atoms with van der Waals surface area (Å²) in [5.41, 5.74) is 2.91. The molecule has 4 nitrogen and oxygen atoms in total. The lowest BCUT2D eigenvalue weighted by Crippen LogP contribution is -2.35. The van der Waals surface area contributed by atoms with E-state index in [1.807, 2.05) is 6.92 Å². The van der Waals surface area contributed by atoms with Crippen LogP contribution < -0.4 is 4.43 Å². The Bertz CT molecular complexity index is 449. The molecule has 0 saturated carbocycles. The zero-order chi connectivity index (χ0) is 11.0. The van der Waals surface area contributed by atoms with Gasteiger partial charge in [0.25, 0.3) is 11.4 Å². The monoisotopic (exact) mass is 209 g/mol. The van der Waals surface area contributed by atoms with Gasteiger partial charge in [-0.1, -0.05) is 6.92 Å². The average molecular weight is 209 g/mol. The largest absolute Gasteiger partial charge is 0.428 e. The molecule has 4 heteroatoms. The van der Waals surface area contributed by atoms with Crippen LogP contribution in [-0.4, -0.2) is 9.94 Å². The van der Waals surface area contributed by atoms with Crippen LogP contribution in [0.2, 0.25) is 0 Å². The Hall–Kier alpha value is -1.32. The highest BCUT2D eigenvalue weighted by Crippen LogP contribution is 2.19. The minimum absolute atomic E-state index is 0.656. The zero-order valence-corrected chi connectivity index (χ0v) is 9.29. The van der Waals surface area contributed by atoms with Gasteiger partial charge in [0, 0.05) is 17.7 Å². The summed E-state index contributed by atoms with van der Waals surface area (Å²) in [6.07, 6.45) is 4.34. The van der Waals surface area contributed by atoms with E-state index in [1.165, 1.54) is 4.73 Å². The number of nitrogens with zero attached hydrogens (tertiary/aromatic N) is 2. The molecule has 1 aromatic rings. The lowest BCUT2D eigenvalue weighted by atomic mass is 9.99. The minimum Gasteiger partial charge on any atom is -0.428 e. The molecule has 15 heavy (non-hydrogen) atoms. The van der Waals surface area contributed by atoms with Gasteiger partial charge in [-0.2, -0.15) is 4.73 Å². The topological polar surface area (TPSA) is 48.1 Å². The van der Waals surface area contributed by atoms with E-state index in [0.717, 1.165) is 41.5 Å². The second-order valence-electron chi connectivity index (χ2n) is 4.09. The van der Waals surface area contributed by atoms with Crippen LogP contribution in [-0.2, 0) is 19.3 Å². The van der Waals surface area contributed by atoms with Crippen LogP contribution in [0.1, 0.15) is 42.5 Å². The zero-order valence-electron chi connectivity index (χ0n) is 9.29. The van der Waals surface area contributed by atoms with Crippen LogP contribution >= 0.6 is 0 Å². The Balaban J connectivity index is 2.75. The second-order valence-corrected chi connectivity index (χ2v) is 4.09. The van der Waals surface area contributed by atoms with Gasteiger partial charge in [0.05, 0.1) is 4.43 Å². The summed E-state index contributed by atoms with van der Waals surface area (Å²) in [5, 5.41) is 9.94. The van der Waals surface area contributed by atoms with Gasteiger partial charge in [-0.15, -0.1) is 0 Å². The molecular weight excluding hydrogens is 192 g/mol. The van der Waals surface area contributed by atoms with Crippen LogP contribution in [0.4, 0.5) is 0 Å². The molecule has 0 spiro atoms. The third-order valence-electron chi connectivity index (χ3n) is 3.23. The molecule has 1 aliphatic rings. The van der Waals surface area contributed by atoms with E-state index in [9.17, 15) is 10.1 Å². The molecule has 82 valence electrons. The molecule has 0 aliphatic heterocycles. The smallest absolute Gasteiger partial charge is 0.262 e. The summed E-state index contributed by atoms with van der Waals surface area (Å²) in [5.74, 6) is 0. The summed E-state index contributed by atoms with van der Waals surface area (Å²) in [7, 11) is 0. The maximum Gasteiger partial charge on any atom is 0.262 e. The van der Waals surface area contributed by atoms with E-state index >= 15 is 0 Å². The highest BCUT2D eigenvalue weighted by Gasteiger charge is 2.28. The second kappa shape index (κ2) is 3.68. The molecule has 1 heterocycles. The summed E-state index contributed by atoms with van der Waals surface area (Å²) < 4.78 is 2.23. The first-order valence-electron chi connectivity index (χ1n) is 5.54. The van der Waals surface area contributed by atoms with Crippen molar-refractivity contribution in [1.82, 2.24) is 4.73 Å². The van der Waals surface area contributed by atoms with Crippen molar-refractivity contribution in [2.45, 2.75) is 46.0 Å². The molecule has 0 saturated heterocycles. The predicted molar refractivity (Wildman–Crippen MR) is 55.7 cm³/mol. The lowest BCUT2D eigenvalue weighted by molar-refractivity contribution is -0.518. The molecule has 2 rings (SSSR count). The van der Waals surface area contributed by atoms with Gasteiger partial charge in [-0.05, 0) is 26.2 Å². The van der Waals surface area contributed by atoms with Crippen molar-refractivity contribution >= 4 is 0 Å². The highest BCUT2D eigenvalue weighted by molar-refractivity contribution is 5.17. The van der Waals surface area contributed by atoms with Crippen LogP contribution in [0.15, 0.2) is 0 Å². The standard InChI is InChI=1S/C11H17N2O2/c1-3-9-8(2)12(14)10-6-4-5-7-11(10)13(9)15/h14H,3-7H2,1-2H3/q+1. The first-order chi connectivity index (χ1) is 7.16. The van der Waals surface area contributed by atoms with Crippen molar-refractivity contribution in [3.05, 3.63) is 27.7 Å². The van der Waals surface area contributed by atoms with Crippen molar-refractivity contribution in [1.29, 1.82) is 0 Å². The maximum atomic E-state index is 12.0. The molecule has 0 aromatic carbocycles. The fourth-order valence-corrected chi connectivity index (χ4v) is 2.35. The number of aromatic nitrogens is 2. The van der Waals surface area contributed by atoms with Gasteiger partial charge in [0.2, 0.25) is 0 Å². The average Bonchev–Trinajstić information content (AvgIpc) is 2.27. The van der Waals surface area contributed by atoms with E-state index in [4.69, 9.17) is 0 Å². The van der Waals surface area contributed by atoms with Crippen molar-refractivity contribution in [2.75, 3.05) is 0 Å². The molecule has 0 fully saturated rings. The molecule has 0 atom stereocenters. The lowest BCUT2D eigenvalue weighted by Gasteiger charge is -2.14. The summed E-state index contributed by atoms with van der Waals surface area (Å²) >= 11 is 0. The SMILES string of the molecule is CCc1c(C)n(O)c2c([n+]1=O)CCCC2. The van der Waals surface area contributed by atoms with Crippen LogP contribution in [0.3, 0.4) is 0 Å². The van der Waals surface area contributed by atoms with Crippen molar-refractivity contribution in [3.63, 3.8) is 0 Å². The molecular formula is C11H17N2O2+. The van der Waals surface area contributed by atoms with Crippen molar-refractivity contribution < 1.29 is 9.63 Å². The molecule has 1 aromatic heterocycles. The number of hydrogen-bond donors (Lipinski definition) is 1. The molecule has 0 amide bonds. The van der Waals surface area contributed by atoms with Crippen LogP contribution in [0, 0.1) is 11.8 Å². The Morgan fingerprint density at radius 3 is 2.73 bits per heavy atom. The first-order valence-corrected chi connectivity index (χ1v) is 5.54. The maximum absolute atomic E-state index is 12.0. The third-order valence-corrected chi connectivity index (χ3v) is 3.23. The van der Waals surface area contributed by atoms with E-state index in [2.05, 4.69) is 0 Å². The number of hydrogen-bond acceptors (Lipinski definition) is 2. The Morgan fingerprint density at radius 2 is 2.07 bits per heavy atom. The summed E-state index contributed by atoms with van der Waals surface area (Å²) in [4.78, 5) is 12.0. The van der Waals surface area contributed by atoms with Gasteiger partial charge in [0.15, 0.2) is 0 Å². The third kappa shape index (κ3) is 1.44. The van der Waals surface area contributed by atoms with Crippen LogP contribution in [0.5, 0.6) is 0 Å². The number of rotatable bonds is 1. The highest BCUT2D eigenvalue weighted by atomic mass is 16.5. The predicted octanol–water partition coefficient (Wildman–Crippen LogP) is 1.39. The van der Waals surface area contributed by atoms with Gasteiger partial charge < -0.3 is 5.21 Å². The first kappa shape index (κ1) is 10.2. The van der Waals surface area contributed by atoms with Gasteiger partial charge >= 0.3 is 0 Å². The fourth-order valence-electron chi connectivity index (χ4n) is 2.35. The van der Waals surface area contributed by atoms with Crippen molar-refractivity contribution in [2.24, 2.45) is 0 Å². The van der Waals surface area contributed by atoms with Crippen LogP contribution in [0.25, 0.3) is 0 Å². The summed E-state index contributed by atoms with van der Waals surface area (Å²) in [6, 6.07) is 0. The van der Waals surface area contributed by atoms with Gasteiger partial charge in [-0.3, -0.25) is 0 Å². The Labute approximate surface area is 88.7 Å².